The van der Waals surface area contributed by atoms with Gasteiger partial charge in [0.05, 0.1) is 31.0 Å². The van der Waals surface area contributed by atoms with Crippen LogP contribution in [0.5, 0.6) is 0 Å². The van der Waals surface area contributed by atoms with Crippen LogP contribution in [-0.2, 0) is 18.9 Å². The van der Waals surface area contributed by atoms with Crippen LogP contribution in [-0.4, -0.2) is 110 Å². The van der Waals surface area contributed by atoms with E-state index in [-0.39, 0.29) is 5.56 Å². The van der Waals surface area contributed by atoms with E-state index in [9.17, 15) is 40.5 Å². The molecule has 0 aromatic heterocycles. The Labute approximate surface area is 194 Å². The van der Waals surface area contributed by atoms with E-state index in [0.717, 1.165) is 0 Å². The first-order valence-corrected chi connectivity index (χ1v) is 10.8. The lowest BCUT2D eigenvalue weighted by Gasteiger charge is -2.43. The number of carbonyl (C=O) groups is 1. The van der Waals surface area contributed by atoms with Crippen molar-refractivity contribution in [2.75, 3.05) is 13.2 Å². The summed E-state index contributed by atoms with van der Waals surface area (Å²) in [4.78, 5) is 12.6. The molecule has 0 spiro atoms. The monoisotopic (exact) mass is 484 g/mol. The molecule has 1 aliphatic carbocycles. The summed E-state index contributed by atoms with van der Waals surface area (Å²) >= 11 is 0. The Hall–Kier alpha value is -2.13. The van der Waals surface area contributed by atoms with Crippen LogP contribution in [0, 0.1) is 11.8 Å². The van der Waals surface area contributed by atoms with Gasteiger partial charge in [0.2, 0.25) is 6.29 Å². The molecule has 34 heavy (non-hydrogen) atoms. The van der Waals surface area contributed by atoms with Gasteiger partial charge in [-0.25, -0.2) is 4.79 Å². The van der Waals surface area contributed by atoms with Crippen molar-refractivity contribution in [3.63, 3.8) is 0 Å². The fourth-order valence-corrected chi connectivity index (χ4v) is 4.71. The van der Waals surface area contributed by atoms with Crippen molar-refractivity contribution in [2.45, 2.75) is 54.8 Å². The number of hydrogen-bond acceptors (Lipinski definition) is 12. The Kier molecular flexibility index (Phi) is 7.24. The van der Waals surface area contributed by atoms with Crippen LogP contribution in [0.25, 0.3) is 0 Å². The lowest BCUT2D eigenvalue weighted by molar-refractivity contribution is -0.348. The molecule has 2 aliphatic heterocycles. The minimum atomic E-state index is -2.24. The van der Waals surface area contributed by atoms with Crippen molar-refractivity contribution >= 4 is 5.97 Å². The molecule has 188 valence electrons. The number of rotatable bonds is 6. The second-order valence-corrected chi connectivity index (χ2v) is 8.60. The zero-order valence-corrected chi connectivity index (χ0v) is 17.9. The van der Waals surface area contributed by atoms with E-state index in [2.05, 4.69) is 0 Å². The topological polar surface area (TPSA) is 196 Å². The summed E-state index contributed by atoms with van der Waals surface area (Å²) < 4.78 is 21.9. The molecule has 7 N–H and O–H groups in total. The molecule has 0 bridgehead atoms. The molecule has 4 rings (SSSR count). The highest BCUT2D eigenvalue weighted by Gasteiger charge is 2.65. The van der Waals surface area contributed by atoms with Gasteiger partial charge in [-0.3, -0.25) is 0 Å². The number of esters is 1. The zero-order chi connectivity index (χ0) is 24.6. The molecule has 12 heteroatoms. The van der Waals surface area contributed by atoms with E-state index in [1.807, 2.05) is 0 Å². The van der Waals surface area contributed by atoms with Crippen molar-refractivity contribution in [3.8, 4) is 0 Å². The van der Waals surface area contributed by atoms with Crippen LogP contribution < -0.4 is 0 Å². The van der Waals surface area contributed by atoms with Crippen LogP contribution in [0.1, 0.15) is 10.4 Å². The van der Waals surface area contributed by atoms with Gasteiger partial charge in [-0.15, -0.1) is 0 Å². The minimum Gasteiger partial charge on any atom is -0.472 e. The molecular weight excluding hydrogens is 456 g/mol. The summed E-state index contributed by atoms with van der Waals surface area (Å²) in [5.41, 5.74) is -2.02. The molecule has 0 radical (unpaired) electrons. The van der Waals surface area contributed by atoms with Gasteiger partial charge >= 0.3 is 5.97 Å². The van der Waals surface area contributed by atoms with Gasteiger partial charge in [0, 0.05) is 5.92 Å². The summed E-state index contributed by atoms with van der Waals surface area (Å²) in [7, 11) is 0. The average molecular weight is 484 g/mol. The maximum atomic E-state index is 12.6. The Morgan fingerprint density at radius 1 is 1.00 bits per heavy atom. The minimum absolute atomic E-state index is 0.218. The van der Waals surface area contributed by atoms with E-state index in [1.165, 1.54) is 24.5 Å². The van der Waals surface area contributed by atoms with Gasteiger partial charge in [-0.05, 0) is 18.2 Å². The van der Waals surface area contributed by atoms with Crippen LogP contribution in [0.2, 0.25) is 0 Å². The van der Waals surface area contributed by atoms with Crippen LogP contribution in [0.3, 0.4) is 0 Å². The molecular formula is C22H28O12. The summed E-state index contributed by atoms with van der Waals surface area (Å²) in [6, 6.07) is 8.01. The van der Waals surface area contributed by atoms with Gasteiger partial charge in [-0.1, -0.05) is 18.2 Å². The maximum absolute atomic E-state index is 12.6. The predicted octanol–water partition coefficient (Wildman–Crippen LogP) is -2.77. The van der Waals surface area contributed by atoms with Crippen LogP contribution >= 0.6 is 0 Å². The summed E-state index contributed by atoms with van der Waals surface area (Å²) in [5.74, 6) is -2.82. The van der Waals surface area contributed by atoms with Gasteiger partial charge in [0.1, 0.15) is 42.2 Å². The number of ether oxygens (including phenoxy) is 4. The van der Waals surface area contributed by atoms with Crippen LogP contribution in [0.15, 0.2) is 42.7 Å². The van der Waals surface area contributed by atoms with Gasteiger partial charge in [0.15, 0.2) is 6.29 Å². The van der Waals surface area contributed by atoms with Crippen molar-refractivity contribution < 1.29 is 59.5 Å². The third-order valence-corrected chi connectivity index (χ3v) is 6.62. The predicted molar refractivity (Wildman–Crippen MR) is 110 cm³/mol. The largest absolute Gasteiger partial charge is 0.472 e. The number of hydrogen-bond donors (Lipinski definition) is 7. The van der Waals surface area contributed by atoms with E-state index in [0.29, 0.717) is 0 Å². The van der Waals surface area contributed by atoms with E-state index >= 15 is 0 Å². The molecule has 3 aliphatic rings. The quantitative estimate of drug-likeness (QED) is 0.206. The smallest absolute Gasteiger partial charge is 0.338 e. The Morgan fingerprint density at radius 2 is 1.71 bits per heavy atom. The standard InChI is InChI=1S/C22H28O12/c23-8-12-14(25)15(26)16(27)21(32-12)34-20-13-11(6-7-31-20)17(18(28)22(13,30)9-24)33-19(29)10-4-2-1-3-5-10/h1-7,11-18,20-21,23-28,30H,8-9H2/t11-,12+,13-,14-,15-,16-,17-,18-,20-,21+,22-/m1/s1. The number of carbonyl (C=O) groups excluding carboxylic acids is 1. The number of aliphatic hydroxyl groups is 7. The molecule has 11 atom stereocenters. The molecule has 12 nitrogen and oxygen atoms in total. The second-order valence-electron chi connectivity index (χ2n) is 8.60. The Morgan fingerprint density at radius 3 is 2.35 bits per heavy atom. The molecule has 2 fully saturated rings. The molecule has 0 amide bonds. The van der Waals surface area contributed by atoms with Crippen molar-refractivity contribution in [1.82, 2.24) is 0 Å². The fraction of sp³-hybridized carbons (Fsp3) is 0.591. The molecule has 1 saturated carbocycles. The number of aliphatic hydroxyl groups excluding tert-OH is 6. The Balaban J connectivity index is 1.57. The number of fused-ring (bicyclic) bond motifs is 1. The highest BCUT2D eigenvalue weighted by molar-refractivity contribution is 5.89. The summed E-state index contributed by atoms with van der Waals surface area (Å²) in [6.07, 6.45) is -9.73. The van der Waals surface area contributed by atoms with E-state index in [1.54, 1.807) is 18.2 Å². The molecule has 1 aromatic rings. The fourth-order valence-electron chi connectivity index (χ4n) is 4.71. The second kappa shape index (κ2) is 9.85. The third kappa shape index (κ3) is 4.21. The Bertz CT molecular complexity index is 878. The SMILES string of the molecule is O=C(O[C@@H]1[C@@H]2C=CO[C@H](O[C@@H]3O[C@@H](CO)[C@@H](O)[C@@H](O)[C@H]3O)[C@@H]2[C@](O)(CO)[C@@H]1O)c1ccccc1. The normalized spacial score (nSPS) is 43.7. The molecule has 1 saturated heterocycles. The van der Waals surface area contributed by atoms with E-state index < -0.39 is 85.8 Å². The van der Waals surface area contributed by atoms with Gasteiger partial charge in [-0.2, -0.15) is 0 Å². The van der Waals surface area contributed by atoms with Crippen molar-refractivity contribution in [1.29, 1.82) is 0 Å². The first-order valence-electron chi connectivity index (χ1n) is 10.8. The number of benzene rings is 1. The lowest BCUT2D eigenvalue weighted by atomic mass is 9.83. The zero-order valence-electron chi connectivity index (χ0n) is 17.9. The molecule has 0 unspecified atom stereocenters. The first-order chi connectivity index (χ1) is 16.2. The first kappa shape index (κ1) is 25.0. The highest BCUT2D eigenvalue weighted by atomic mass is 16.8. The van der Waals surface area contributed by atoms with Crippen LogP contribution in [0.4, 0.5) is 0 Å². The lowest BCUT2D eigenvalue weighted by Crippen LogP contribution is -2.61. The van der Waals surface area contributed by atoms with Crippen molar-refractivity contribution in [2.24, 2.45) is 11.8 Å². The summed E-state index contributed by atoms with van der Waals surface area (Å²) in [6.45, 7) is -1.63. The maximum Gasteiger partial charge on any atom is 0.338 e. The van der Waals surface area contributed by atoms with Gasteiger partial charge in [0.25, 0.3) is 0 Å². The average Bonchev–Trinajstić information content (AvgIpc) is 3.07. The molecule has 2 heterocycles. The molecule has 1 aromatic carbocycles. The van der Waals surface area contributed by atoms with Gasteiger partial charge < -0.3 is 54.7 Å². The van der Waals surface area contributed by atoms with E-state index in [4.69, 9.17) is 18.9 Å². The summed E-state index contributed by atoms with van der Waals surface area (Å²) in [5, 5.41) is 71.6. The van der Waals surface area contributed by atoms with Crippen molar-refractivity contribution in [3.05, 3.63) is 48.2 Å². The highest BCUT2D eigenvalue weighted by Crippen LogP contribution is 2.48. The third-order valence-electron chi connectivity index (χ3n) is 6.62.